The van der Waals surface area contributed by atoms with Crippen molar-refractivity contribution < 1.29 is 9.53 Å². The molecule has 1 saturated carbocycles. The summed E-state index contributed by atoms with van der Waals surface area (Å²) in [5.74, 6) is 1.03. The zero-order valence-corrected chi connectivity index (χ0v) is 12.1. The molecular formula is C15H26N2O2. The molecule has 4 heteroatoms. The van der Waals surface area contributed by atoms with Crippen LogP contribution in [0.2, 0.25) is 0 Å². The van der Waals surface area contributed by atoms with Crippen molar-refractivity contribution in [2.75, 3.05) is 6.61 Å². The first kappa shape index (κ1) is 13.4. The Kier molecular flexibility index (Phi) is 3.81. The number of nitrogens with zero attached hydrogens (tertiary/aromatic N) is 1. The van der Waals surface area contributed by atoms with E-state index in [0.29, 0.717) is 24.0 Å². The van der Waals surface area contributed by atoms with Gasteiger partial charge in [-0.2, -0.15) is 0 Å². The molecule has 0 bridgehead atoms. The smallest absolute Gasteiger partial charge is 0.241 e. The molecule has 4 atom stereocenters. The van der Waals surface area contributed by atoms with Gasteiger partial charge in [0.25, 0.3) is 0 Å². The third-order valence-corrected chi connectivity index (χ3v) is 4.79. The lowest BCUT2D eigenvalue weighted by Gasteiger charge is -2.32. The lowest BCUT2D eigenvalue weighted by molar-refractivity contribution is -0.134. The van der Waals surface area contributed by atoms with Crippen LogP contribution in [-0.4, -0.2) is 41.8 Å². The topological polar surface area (TPSA) is 41.6 Å². The van der Waals surface area contributed by atoms with E-state index in [0.717, 1.165) is 32.3 Å². The van der Waals surface area contributed by atoms with Gasteiger partial charge in [0.05, 0.1) is 24.4 Å². The molecule has 1 amide bonds. The predicted molar refractivity (Wildman–Crippen MR) is 73.6 cm³/mol. The molecule has 3 rings (SSSR count). The molecule has 108 valence electrons. The fraction of sp³-hybridized carbons (Fsp3) is 0.933. The molecule has 0 aromatic rings. The van der Waals surface area contributed by atoms with Gasteiger partial charge in [0, 0.05) is 6.61 Å². The van der Waals surface area contributed by atoms with Gasteiger partial charge >= 0.3 is 0 Å². The van der Waals surface area contributed by atoms with E-state index in [1.807, 2.05) is 0 Å². The zero-order chi connectivity index (χ0) is 13.4. The first-order chi connectivity index (χ1) is 9.26. The van der Waals surface area contributed by atoms with E-state index in [4.69, 9.17) is 4.74 Å². The second-order valence-electron chi connectivity index (χ2n) is 6.21. The molecule has 2 saturated heterocycles. The van der Waals surface area contributed by atoms with Gasteiger partial charge in [-0.25, -0.2) is 0 Å². The number of carbonyl (C=O) groups is 1. The Bertz CT molecular complexity index is 343. The molecule has 2 aliphatic heterocycles. The van der Waals surface area contributed by atoms with Crippen LogP contribution in [0.5, 0.6) is 0 Å². The number of hydrogen-bond donors (Lipinski definition) is 1. The van der Waals surface area contributed by atoms with Gasteiger partial charge in [-0.15, -0.1) is 0 Å². The number of hydrogen-bond acceptors (Lipinski definition) is 3. The van der Waals surface area contributed by atoms with Crippen molar-refractivity contribution in [1.82, 2.24) is 10.2 Å². The molecule has 3 aliphatic rings. The summed E-state index contributed by atoms with van der Waals surface area (Å²) in [6, 6.07) is 0.356. The maximum absolute atomic E-state index is 12.6. The van der Waals surface area contributed by atoms with Crippen LogP contribution < -0.4 is 5.32 Å². The zero-order valence-electron chi connectivity index (χ0n) is 12.1. The Balaban J connectivity index is 1.75. The minimum Gasteiger partial charge on any atom is -0.376 e. The summed E-state index contributed by atoms with van der Waals surface area (Å²) in [5, 5.41) is 3.52. The standard InChI is InChI=1S/C15H26N2O2/c1-3-5-11-15(18)17(13(4-2)16-11)12-8-9-19-14(12)10-6-7-10/h10-14,16H,3-9H2,1-2H3. The third kappa shape index (κ3) is 2.40. The Morgan fingerprint density at radius 2 is 2.11 bits per heavy atom. The van der Waals surface area contributed by atoms with E-state index in [-0.39, 0.29) is 12.2 Å². The van der Waals surface area contributed by atoms with Gasteiger partial charge in [0.2, 0.25) is 5.91 Å². The van der Waals surface area contributed by atoms with Gasteiger partial charge in [-0.3, -0.25) is 10.1 Å². The molecule has 19 heavy (non-hydrogen) atoms. The molecule has 1 aliphatic carbocycles. The fourth-order valence-electron chi connectivity index (χ4n) is 3.69. The van der Waals surface area contributed by atoms with Crippen LogP contribution in [-0.2, 0) is 9.53 Å². The van der Waals surface area contributed by atoms with E-state index in [9.17, 15) is 4.79 Å². The van der Waals surface area contributed by atoms with Gasteiger partial charge in [-0.1, -0.05) is 20.3 Å². The van der Waals surface area contributed by atoms with Crippen molar-refractivity contribution in [2.45, 2.75) is 76.7 Å². The lowest BCUT2D eigenvalue weighted by atomic mass is 10.0. The second kappa shape index (κ2) is 5.41. The van der Waals surface area contributed by atoms with E-state index in [1.165, 1.54) is 12.8 Å². The molecule has 2 heterocycles. The van der Waals surface area contributed by atoms with Crippen molar-refractivity contribution in [3.8, 4) is 0 Å². The Hall–Kier alpha value is -0.610. The molecule has 0 spiro atoms. The SMILES string of the molecule is CCCC1NC(CC)N(C2CCOC2C2CC2)C1=O. The van der Waals surface area contributed by atoms with Gasteiger partial charge in [0.15, 0.2) is 0 Å². The molecule has 0 radical (unpaired) electrons. The van der Waals surface area contributed by atoms with Gasteiger partial charge < -0.3 is 9.64 Å². The number of amides is 1. The first-order valence-electron chi connectivity index (χ1n) is 7.96. The fourth-order valence-corrected chi connectivity index (χ4v) is 3.69. The number of ether oxygens (including phenoxy) is 1. The van der Waals surface area contributed by atoms with Gasteiger partial charge in [0.1, 0.15) is 0 Å². The summed E-state index contributed by atoms with van der Waals surface area (Å²) in [6.07, 6.45) is 7.10. The van der Waals surface area contributed by atoms with Crippen LogP contribution >= 0.6 is 0 Å². The maximum atomic E-state index is 12.6. The minimum absolute atomic E-state index is 0.0374. The number of nitrogens with one attached hydrogen (secondary N) is 1. The molecule has 3 fully saturated rings. The molecule has 4 unspecified atom stereocenters. The van der Waals surface area contributed by atoms with Crippen LogP contribution in [0.25, 0.3) is 0 Å². The van der Waals surface area contributed by atoms with Crippen LogP contribution in [0, 0.1) is 5.92 Å². The highest BCUT2D eigenvalue weighted by Gasteiger charge is 2.49. The summed E-state index contributed by atoms with van der Waals surface area (Å²) in [6.45, 7) is 5.13. The average molecular weight is 266 g/mol. The van der Waals surface area contributed by atoms with Crippen molar-refractivity contribution in [3.63, 3.8) is 0 Å². The largest absolute Gasteiger partial charge is 0.376 e. The van der Waals surface area contributed by atoms with Crippen LogP contribution in [0.3, 0.4) is 0 Å². The van der Waals surface area contributed by atoms with Crippen molar-refractivity contribution >= 4 is 5.91 Å². The van der Waals surface area contributed by atoms with Crippen LogP contribution in [0.1, 0.15) is 52.4 Å². The summed E-state index contributed by atoms with van der Waals surface area (Å²) in [4.78, 5) is 14.8. The third-order valence-electron chi connectivity index (χ3n) is 4.79. The number of carbonyl (C=O) groups excluding carboxylic acids is 1. The van der Waals surface area contributed by atoms with E-state index >= 15 is 0 Å². The molecule has 0 aromatic heterocycles. The van der Waals surface area contributed by atoms with Crippen molar-refractivity contribution in [3.05, 3.63) is 0 Å². The average Bonchev–Trinajstić information content (AvgIpc) is 3.07. The monoisotopic (exact) mass is 266 g/mol. The van der Waals surface area contributed by atoms with Crippen molar-refractivity contribution in [2.24, 2.45) is 5.92 Å². The quantitative estimate of drug-likeness (QED) is 0.826. The Morgan fingerprint density at radius 3 is 2.74 bits per heavy atom. The summed E-state index contributed by atoms with van der Waals surface area (Å²) >= 11 is 0. The highest BCUT2D eigenvalue weighted by Crippen LogP contribution is 2.41. The first-order valence-corrected chi connectivity index (χ1v) is 7.96. The van der Waals surface area contributed by atoms with E-state index in [2.05, 4.69) is 24.1 Å². The second-order valence-corrected chi connectivity index (χ2v) is 6.21. The lowest BCUT2D eigenvalue weighted by Crippen LogP contribution is -2.48. The summed E-state index contributed by atoms with van der Waals surface area (Å²) in [5.41, 5.74) is 0. The van der Waals surface area contributed by atoms with Gasteiger partial charge in [-0.05, 0) is 38.0 Å². The molecule has 1 N–H and O–H groups in total. The Labute approximate surface area is 115 Å². The van der Waals surface area contributed by atoms with E-state index in [1.54, 1.807) is 0 Å². The minimum atomic E-state index is 0.0374. The maximum Gasteiger partial charge on any atom is 0.241 e. The molecule has 4 nitrogen and oxygen atoms in total. The van der Waals surface area contributed by atoms with Crippen molar-refractivity contribution in [1.29, 1.82) is 0 Å². The summed E-state index contributed by atoms with van der Waals surface area (Å²) < 4.78 is 5.92. The van der Waals surface area contributed by atoms with Crippen LogP contribution in [0.4, 0.5) is 0 Å². The van der Waals surface area contributed by atoms with Crippen LogP contribution in [0.15, 0.2) is 0 Å². The Morgan fingerprint density at radius 1 is 1.32 bits per heavy atom. The predicted octanol–water partition coefficient (Wildman–Crippen LogP) is 1.89. The molecular weight excluding hydrogens is 240 g/mol. The number of rotatable bonds is 5. The molecule has 0 aromatic carbocycles. The van der Waals surface area contributed by atoms with E-state index < -0.39 is 0 Å². The highest BCUT2D eigenvalue weighted by atomic mass is 16.5. The summed E-state index contributed by atoms with van der Waals surface area (Å²) in [7, 11) is 0. The highest BCUT2D eigenvalue weighted by molar-refractivity contribution is 5.84. The normalized spacial score (nSPS) is 39.3.